The number of aryl methyl sites for hydroxylation is 1. The number of hydrogen-bond acceptors (Lipinski definition) is 4. The Morgan fingerprint density at radius 2 is 1.43 bits per heavy atom. The number of nitrogens with zero attached hydrogens (tertiary/aromatic N) is 3. The molecule has 0 bridgehead atoms. The molecule has 4 nitrogen and oxygen atoms in total. The fourth-order valence-electron chi connectivity index (χ4n) is 7.09. The Hall–Kier alpha value is -2.32. The van der Waals surface area contributed by atoms with Crippen LogP contribution in [-0.2, 0) is 6.42 Å². The molecule has 44 heavy (non-hydrogen) atoms. The summed E-state index contributed by atoms with van der Waals surface area (Å²) in [6.45, 7) is 3.80. The van der Waals surface area contributed by atoms with E-state index in [-0.39, 0.29) is 43.3 Å². The summed E-state index contributed by atoms with van der Waals surface area (Å²) in [6, 6.07) is 23.6. The van der Waals surface area contributed by atoms with E-state index in [4.69, 9.17) is 0 Å². The number of fused-ring (bicyclic) bond motifs is 3. The summed E-state index contributed by atoms with van der Waals surface area (Å²) < 4.78 is 31.7. The standard InChI is InChI=1S/C35H37F2N3O.3ClH/c36-33-28-7-1-2-8-29(28)35(30-10-4-9-27(24-13-14-24)32(30)34(33)37)40-20-18-39(19-21-40)22-25(41)16-15-23-6-3-12-31-26(23)11-5-17-38-31;;;/h1-12,17,24-25,33-35,41H,13-16,18-22H2;3*1H/t25?,33-,34+,35?;;;/m0.../s1. The minimum Gasteiger partial charge on any atom is -0.392 e. The zero-order chi connectivity index (χ0) is 27.9. The molecule has 4 atom stereocenters. The molecule has 236 valence electrons. The number of benzene rings is 3. The maximum absolute atomic E-state index is 16.0. The summed E-state index contributed by atoms with van der Waals surface area (Å²) in [5.41, 5.74) is 6.07. The molecule has 1 aliphatic heterocycles. The van der Waals surface area contributed by atoms with E-state index in [9.17, 15) is 5.11 Å². The van der Waals surface area contributed by atoms with Crippen LogP contribution >= 0.6 is 37.2 Å². The minimum absolute atomic E-state index is 0. The highest BCUT2D eigenvalue weighted by atomic mass is 35.5. The number of pyridine rings is 1. The molecule has 2 fully saturated rings. The number of piperazine rings is 1. The van der Waals surface area contributed by atoms with Crippen LogP contribution in [0.2, 0.25) is 0 Å². The van der Waals surface area contributed by atoms with Crippen molar-refractivity contribution in [2.45, 2.75) is 56.1 Å². The van der Waals surface area contributed by atoms with Gasteiger partial charge in [0, 0.05) is 44.3 Å². The molecule has 1 N–H and O–H groups in total. The number of aliphatic hydroxyl groups is 1. The fraction of sp³-hybridized carbons (Fsp3) is 0.400. The number of aliphatic hydroxyl groups excluding tert-OH is 1. The van der Waals surface area contributed by atoms with Crippen LogP contribution < -0.4 is 0 Å². The van der Waals surface area contributed by atoms with Crippen LogP contribution in [0.3, 0.4) is 0 Å². The van der Waals surface area contributed by atoms with Gasteiger partial charge >= 0.3 is 0 Å². The molecule has 2 heterocycles. The highest BCUT2D eigenvalue weighted by Crippen LogP contribution is 2.53. The van der Waals surface area contributed by atoms with Gasteiger partial charge < -0.3 is 5.11 Å². The zero-order valence-corrected chi connectivity index (χ0v) is 27.0. The Labute approximate surface area is 277 Å². The van der Waals surface area contributed by atoms with Crippen molar-refractivity contribution in [1.82, 2.24) is 14.8 Å². The van der Waals surface area contributed by atoms with Crippen molar-refractivity contribution in [2.24, 2.45) is 0 Å². The summed E-state index contributed by atoms with van der Waals surface area (Å²) in [7, 11) is 0. The molecular formula is C35H40Cl3F2N3O. The summed E-state index contributed by atoms with van der Waals surface area (Å²) in [6.07, 6.45) is 1.67. The summed E-state index contributed by atoms with van der Waals surface area (Å²) >= 11 is 0. The van der Waals surface area contributed by atoms with Gasteiger partial charge in [-0.1, -0.05) is 60.7 Å². The molecule has 7 rings (SSSR count). The molecule has 0 amide bonds. The molecule has 0 radical (unpaired) electrons. The first-order valence-electron chi connectivity index (χ1n) is 15.0. The van der Waals surface area contributed by atoms with Gasteiger partial charge in [0.25, 0.3) is 0 Å². The van der Waals surface area contributed by atoms with Gasteiger partial charge in [0.05, 0.1) is 17.7 Å². The average Bonchev–Trinajstić information content (AvgIpc) is 3.86. The van der Waals surface area contributed by atoms with Gasteiger partial charge in [-0.15, -0.1) is 37.2 Å². The lowest BCUT2D eigenvalue weighted by molar-refractivity contribution is 0.0592. The summed E-state index contributed by atoms with van der Waals surface area (Å²) in [5, 5.41) is 12.1. The minimum atomic E-state index is -1.66. The van der Waals surface area contributed by atoms with Gasteiger partial charge in [-0.05, 0) is 77.1 Å². The largest absolute Gasteiger partial charge is 0.392 e. The Morgan fingerprint density at radius 1 is 0.750 bits per heavy atom. The van der Waals surface area contributed by atoms with Gasteiger partial charge in [-0.3, -0.25) is 14.8 Å². The Bertz CT molecular complexity index is 1540. The zero-order valence-electron chi connectivity index (χ0n) is 24.5. The summed E-state index contributed by atoms with van der Waals surface area (Å²) in [4.78, 5) is 9.17. The second-order valence-corrected chi connectivity index (χ2v) is 12.0. The Kier molecular flexibility index (Phi) is 11.7. The molecule has 4 aromatic rings. The molecule has 9 heteroatoms. The van der Waals surface area contributed by atoms with E-state index >= 15 is 8.78 Å². The maximum atomic E-state index is 16.0. The molecule has 2 unspecified atom stereocenters. The monoisotopic (exact) mass is 661 g/mol. The molecule has 3 aliphatic rings. The first-order valence-corrected chi connectivity index (χ1v) is 15.0. The van der Waals surface area contributed by atoms with E-state index in [0.29, 0.717) is 30.0 Å². The number of alkyl halides is 2. The topological polar surface area (TPSA) is 39.6 Å². The van der Waals surface area contributed by atoms with Crippen LogP contribution in [0.1, 0.15) is 76.9 Å². The lowest BCUT2D eigenvalue weighted by Crippen LogP contribution is -2.49. The molecule has 0 spiro atoms. The average molecular weight is 663 g/mol. The number of rotatable bonds is 7. The normalized spacial score (nSPS) is 22.4. The van der Waals surface area contributed by atoms with E-state index in [1.54, 1.807) is 6.07 Å². The van der Waals surface area contributed by atoms with Gasteiger partial charge in [0.2, 0.25) is 0 Å². The van der Waals surface area contributed by atoms with Crippen molar-refractivity contribution in [3.8, 4) is 0 Å². The molecular weight excluding hydrogens is 623 g/mol. The van der Waals surface area contributed by atoms with Crippen molar-refractivity contribution >= 4 is 48.1 Å². The van der Waals surface area contributed by atoms with Crippen molar-refractivity contribution in [3.63, 3.8) is 0 Å². The SMILES string of the molecule is Cl.Cl.Cl.OC(CCc1cccc2ncccc12)CN1CCN(C2c3ccccc3[C@H](F)[C@H](F)c3c(C4CC4)cccc32)CC1. The lowest BCUT2D eigenvalue weighted by Gasteiger charge is -2.41. The van der Waals surface area contributed by atoms with Gasteiger partial charge in [-0.2, -0.15) is 0 Å². The van der Waals surface area contributed by atoms with Crippen molar-refractivity contribution in [2.75, 3.05) is 32.7 Å². The Morgan fingerprint density at radius 3 is 2.18 bits per heavy atom. The molecule has 3 aromatic carbocycles. The van der Waals surface area contributed by atoms with E-state index in [2.05, 4.69) is 26.9 Å². The Balaban J connectivity index is 0.00000147. The predicted molar refractivity (Wildman–Crippen MR) is 180 cm³/mol. The van der Waals surface area contributed by atoms with Gasteiger partial charge in [0.15, 0.2) is 12.3 Å². The molecule has 1 aromatic heterocycles. The van der Waals surface area contributed by atoms with E-state index in [1.807, 2.05) is 60.8 Å². The van der Waals surface area contributed by atoms with Crippen molar-refractivity contribution in [3.05, 3.63) is 112 Å². The third kappa shape index (κ3) is 6.76. The number of β-amino-alcohol motifs (C(OH)–C–C–N with tert-alkyl or cyclic N) is 1. The van der Waals surface area contributed by atoms with Crippen LogP contribution in [-0.4, -0.2) is 58.7 Å². The molecule has 1 saturated carbocycles. The van der Waals surface area contributed by atoms with Crippen molar-refractivity contribution < 1.29 is 13.9 Å². The molecule has 1 saturated heterocycles. The third-order valence-electron chi connectivity index (χ3n) is 9.33. The van der Waals surface area contributed by atoms with Crippen LogP contribution in [0.4, 0.5) is 8.78 Å². The van der Waals surface area contributed by atoms with Gasteiger partial charge in [-0.25, -0.2) is 8.78 Å². The van der Waals surface area contributed by atoms with Crippen LogP contribution in [0.15, 0.2) is 79.0 Å². The highest BCUT2D eigenvalue weighted by molar-refractivity contribution is 5.86. The van der Waals surface area contributed by atoms with Crippen LogP contribution in [0.5, 0.6) is 0 Å². The van der Waals surface area contributed by atoms with E-state index in [1.165, 1.54) is 5.56 Å². The fourth-order valence-corrected chi connectivity index (χ4v) is 7.09. The van der Waals surface area contributed by atoms with Crippen molar-refractivity contribution in [1.29, 1.82) is 0 Å². The third-order valence-corrected chi connectivity index (χ3v) is 9.33. The summed E-state index contributed by atoms with van der Waals surface area (Å²) in [5.74, 6) is 0.348. The predicted octanol–water partition coefficient (Wildman–Crippen LogP) is 8.11. The number of aromatic nitrogens is 1. The van der Waals surface area contributed by atoms with Gasteiger partial charge in [0.1, 0.15) is 0 Å². The first kappa shape index (κ1) is 34.6. The van der Waals surface area contributed by atoms with Crippen LogP contribution in [0.25, 0.3) is 10.9 Å². The molecule has 2 aliphatic carbocycles. The lowest BCUT2D eigenvalue weighted by atomic mass is 9.89. The first-order chi connectivity index (χ1) is 20.1. The van der Waals surface area contributed by atoms with E-state index < -0.39 is 18.4 Å². The quantitative estimate of drug-likeness (QED) is 0.217. The second-order valence-electron chi connectivity index (χ2n) is 12.0. The second kappa shape index (κ2) is 14.8. The van der Waals surface area contributed by atoms with Crippen LogP contribution in [0, 0.1) is 0 Å². The number of hydrogen-bond donors (Lipinski definition) is 1. The smallest absolute Gasteiger partial charge is 0.161 e. The maximum Gasteiger partial charge on any atom is 0.161 e. The highest BCUT2D eigenvalue weighted by Gasteiger charge is 2.42. The number of halogens is 5. The van der Waals surface area contributed by atoms with E-state index in [0.717, 1.165) is 73.0 Å².